The van der Waals surface area contributed by atoms with Gasteiger partial charge in [0.25, 0.3) is 5.91 Å². The number of rotatable bonds is 2. The predicted molar refractivity (Wildman–Crippen MR) is 68.9 cm³/mol. The fourth-order valence-electron chi connectivity index (χ4n) is 2.39. The molecule has 1 aromatic rings. The highest BCUT2D eigenvalue weighted by Crippen LogP contribution is 2.33. The zero-order chi connectivity index (χ0) is 14.8. The third-order valence-corrected chi connectivity index (χ3v) is 3.48. The number of carbonyl (C=O) groups is 1. The van der Waals surface area contributed by atoms with Crippen LogP contribution in [0.2, 0.25) is 0 Å². The monoisotopic (exact) mass is 287 g/mol. The second kappa shape index (κ2) is 5.70. The summed E-state index contributed by atoms with van der Waals surface area (Å²) in [6.07, 6.45) is -3.83. The van der Waals surface area contributed by atoms with E-state index in [1.165, 1.54) is 4.90 Å². The normalized spacial score (nSPS) is 19.8. The van der Waals surface area contributed by atoms with Crippen LogP contribution in [0.25, 0.3) is 0 Å². The van der Waals surface area contributed by atoms with Crippen molar-refractivity contribution in [2.75, 3.05) is 18.5 Å². The Bertz CT molecular complexity index is 490. The number of nitrogens with one attached hydrogen (secondary N) is 1. The van der Waals surface area contributed by atoms with Crippen molar-refractivity contribution in [3.63, 3.8) is 0 Å². The van der Waals surface area contributed by atoms with E-state index in [0.29, 0.717) is 18.7 Å². The molecule has 0 bridgehead atoms. The standard InChI is InChI=1S/C13H16F3N3O/c14-13(15,16)9-4-3-7-19(8-9)12(20)10-5-1-2-6-11(10)18-17/h1-2,5-6,9,18H,3-4,7-8,17H2. The Morgan fingerprint density at radius 2 is 2.05 bits per heavy atom. The molecular weight excluding hydrogens is 271 g/mol. The number of hydrogen-bond donors (Lipinski definition) is 2. The number of carbonyl (C=O) groups excluding carboxylic acids is 1. The van der Waals surface area contributed by atoms with Gasteiger partial charge >= 0.3 is 6.18 Å². The van der Waals surface area contributed by atoms with Gasteiger partial charge in [0.05, 0.1) is 17.2 Å². The maximum Gasteiger partial charge on any atom is 0.393 e. The van der Waals surface area contributed by atoms with Gasteiger partial charge in [0.2, 0.25) is 0 Å². The fraction of sp³-hybridized carbons (Fsp3) is 0.462. The summed E-state index contributed by atoms with van der Waals surface area (Å²) < 4.78 is 38.3. The van der Waals surface area contributed by atoms with Gasteiger partial charge in [-0.15, -0.1) is 0 Å². The Labute approximate surface area is 114 Å². The first-order valence-corrected chi connectivity index (χ1v) is 6.35. The second-order valence-electron chi connectivity index (χ2n) is 4.82. The minimum absolute atomic E-state index is 0.0735. The van der Waals surface area contributed by atoms with E-state index >= 15 is 0 Å². The number of anilines is 1. The molecule has 1 aliphatic rings. The molecule has 1 saturated heterocycles. The molecule has 0 spiro atoms. The molecule has 2 rings (SSSR count). The first-order chi connectivity index (χ1) is 9.43. The third kappa shape index (κ3) is 3.04. The average molecular weight is 287 g/mol. The van der Waals surface area contributed by atoms with Crippen LogP contribution in [-0.2, 0) is 0 Å². The Kier molecular flexibility index (Phi) is 4.17. The summed E-state index contributed by atoms with van der Waals surface area (Å²) in [7, 11) is 0. The Morgan fingerprint density at radius 1 is 1.35 bits per heavy atom. The maximum atomic E-state index is 12.8. The van der Waals surface area contributed by atoms with Gasteiger partial charge in [-0.05, 0) is 25.0 Å². The predicted octanol–water partition coefficient (Wildman–Crippen LogP) is 2.39. The lowest BCUT2D eigenvalue weighted by Gasteiger charge is -2.34. The highest BCUT2D eigenvalue weighted by molar-refractivity contribution is 5.99. The summed E-state index contributed by atoms with van der Waals surface area (Å²) in [6.45, 7) is 0.0472. The maximum absolute atomic E-state index is 12.8. The molecular formula is C13H16F3N3O. The summed E-state index contributed by atoms with van der Waals surface area (Å²) in [5, 5.41) is 0. The quantitative estimate of drug-likeness (QED) is 0.648. The van der Waals surface area contributed by atoms with Gasteiger partial charge in [0.1, 0.15) is 0 Å². The van der Waals surface area contributed by atoms with Crippen LogP contribution < -0.4 is 11.3 Å². The lowest BCUT2D eigenvalue weighted by atomic mass is 9.96. The Balaban J connectivity index is 2.17. The van der Waals surface area contributed by atoms with Crippen molar-refractivity contribution in [2.45, 2.75) is 19.0 Å². The number of para-hydroxylation sites is 1. The van der Waals surface area contributed by atoms with Gasteiger partial charge in [-0.1, -0.05) is 12.1 Å². The summed E-state index contributed by atoms with van der Waals surface area (Å²) in [5.74, 6) is 3.44. The number of nitrogens with zero attached hydrogens (tertiary/aromatic N) is 1. The van der Waals surface area contributed by atoms with Crippen molar-refractivity contribution in [3.8, 4) is 0 Å². The van der Waals surface area contributed by atoms with Crippen LogP contribution in [0.4, 0.5) is 18.9 Å². The van der Waals surface area contributed by atoms with E-state index in [-0.39, 0.29) is 18.5 Å². The molecule has 7 heteroatoms. The van der Waals surface area contributed by atoms with Crippen molar-refractivity contribution in [1.82, 2.24) is 4.90 Å². The lowest BCUT2D eigenvalue weighted by molar-refractivity contribution is -0.184. The highest BCUT2D eigenvalue weighted by atomic mass is 19.4. The highest BCUT2D eigenvalue weighted by Gasteiger charge is 2.42. The van der Waals surface area contributed by atoms with E-state index < -0.39 is 18.0 Å². The molecule has 1 atom stereocenters. The number of nitrogens with two attached hydrogens (primary N) is 1. The van der Waals surface area contributed by atoms with Crippen LogP contribution in [0, 0.1) is 5.92 Å². The van der Waals surface area contributed by atoms with Crippen LogP contribution in [-0.4, -0.2) is 30.1 Å². The van der Waals surface area contributed by atoms with Crippen molar-refractivity contribution in [1.29, 1.82) is 0 Å². The molecule has 0 aliphatic carbocycles. The molecule has 0 saturated carbocycles. The van der Waals surface area contributed by atoms with Crippen LogP contribution >= 0.6 is 0 Å². The molecule has 1 aliphatic heterocycles. The summed E-state index contributed by atoms with van der Waals surface area (Å²) >= 11 is 0. The van der Waals surface area contributed by atoms with Gasteiger partial charge in [-0.25, -0.2) is 0 Å². The van der Waals surface area contributed by atoms with E-state index in [4.69, 9.17) is 5.84 Å². The van der Waals surface area contributed by atoms with Crippen molar-refractivity contribution < 1.29 is 18.0 Å². The number of halogens is 3. The van der Waals surface area contributed by atoms with Gasteiger partial charge < -0.3 is 10.3 Å². The molecule has 1 heterocycles. The molecule has 4 nitrogen and oxygen atoms in total. The number of likely N-dealkylation sites (tertiary alicyclic amines) is 1. The fourth-order valence-corrected chi connectivity index (χ4v) is 2.39. The molecule has 0 radical (unpaired) electrons. The zero-order valence-corrected chi connectivity index (χ0v) is 10.8. The van der Waals surface area contributed by atoms with Gasteiger partial charge in [-0.2, -0.15) is 13.2 Å². The number of hydrogen-bond acceptors (Lipinski definition) is 3. The van der Waals surface area contributed by atoms with Crippen molar-refractivity contribution >= 4 is 11.6 Å². The topological polar surface area (TPSA) is 58.4 Å². The van der Waals surface area contributed by atoms with Crippen LogP contribution in [0.1, 0.15) is 23.2 Å². The lowest BCUT2D eigenvalue weighted by Crippen LogP contribution is -2.44. The third-order valence-electron chi connectivity index (χ3n) is 3.48. The van der Waals surface area contributed by atoms with E-state index in [1.807, 2.05) is 0 Å². The number of nitrogen functional groups attached to an aromatic ring is 1. The van der Waals surface area contributed by atoms with Crippen LogP contribution in [0.3, 0.4) is 0 Å². The Morgan fingerprint density at radius 3 is 2.70 bits per heavy atom. The van der Waals surface area contributed by atoms with Crippen molar-refractivity contribution in [2.24, 2.45) is 11.8 Å². The van der Waals surface area contributed by atoms with E-state index in [0.717, 1.165) is 0 Å². The van der Waals surface area contributed by atoms with Crippen LogP contribution in [0.5, 0.6) is 0 Å². The average Bonchev–Trinajstić information content (AvgIpc) is 2.45. The first kappa shape index (κ1) is 14.6. The smallest absolute Gasteiger partial charge is 0.338 e. The molecule has 110 valence electrons. The zero-order valence-electron chi connectivity index (χ0n) is 10.8. The number of piperidine rings is 1. The minimum Gasteiger partial charge on any atom is -0.338 e. The molecule has 1 aromatic carbocycles. The molecule has 20 heavy (non-hydrogen) atoms. The number of amides is 1. The molecule has 1 unspecified atom stereocenters. The van der Waals surface area contributed by atoms with Gasteiger partial charge in [-0.3, -0.25) is 10.6 Å². The van der Waals surface area contributed by atoms with E-state index in [1.54, 1.807) is 24.3 Å². The first-order valence-electron chi connectivity index (χ1n) is 6.35. The molecule has 0 aromatic heterocycles. The minimum atomic E-state index is -4.26. The number of alkyl halides is 3. The summed E-state index contributed by atoms with van der Waals surface area (Å²) in [6, 6.07) is 6.51. The van der Waals surface area contributed by atoms with Crippen LogP contribution in [0.15, 0.2) is 24.3 Å². The molecule has 3 N–H and O–H groups in total. The summed E-state index contributed by atoms with van der Waals surface area (Å²) in [5.41, 5.74) is 3.09. The molecule has 1 fully saturated rings. The summed E-state index contributed by atoms with van der Waals surface area (Å²) in [4.78, 5) is 13.6. The van der Waals surface area contributed by atoms with E-state index in [9.17, 15) is 18.0 Å². The number of benzene rings is 1. The SMILES string of the molecule is NNc1ccccc1C(=O)N1CCCC(C(F)(F)F)C1. The number of hydrazine groups is 1. The van der Waals surface area contributed by atoms with Gasteiger partial charge in [0, 0.05) is 13.1 Å². The van der Waals surface area contributed by atoms with Crippen molar-refractivity contribution in [3.05, 3.63) is 29.8 Å². The largest absolute Gasteiger partial charge is 0.393 e. The van der Waals surface area contributed by atoms with Gasteiger partial charge in [0.15, 0.2) is 0 Å². The van der Waals surface area contributed by atoms with E-state index in [2.05, 4.69) is 5.43 Å². The molecule has 1 amide bonds. The second-order valence-corrected chi connectivity index (χ2v) is 4.82. The Hall–Kier alpha value is -1.76.